The zero-order valence-corrected chi connectivity index (χ0v) is 10.3. The van der Waals surface area contributed by atoms with Crippen molar-refractivity contribution < 1.29 is 13.5 Å². The quantitative estimate of drug-likeness (QED) is 0.881. The second-order valence-corrected chi connectivity index (χ2v) is 6.30. The molecule has 0 aliphatic rings. The number of aliphatic hydroxyl groups is 1. The van der Waals surface area contributed by atoms with Crippen LogP contribution in [0.3, 0.4) is 0 Å². The van der Waals surface area contributed by atoms with Gasteiger partial charge in [0.2, 0.25) is 0 Å². The van der Waals surface area contributed by atoms with Crippen LogP contribution in [0.5, 0.6) is 0 Å². The van der Waals surface area contributed by atoms with Crippen molar-refractivity contribution in [3.8, 4) is 0 Å². The molecule has 0 amide bonds. The molecule has 0 saturated heterocycles. The van der Waals surface area contributed by atoms with E-state index in [1.807, 2.05) is 0 Å². The lowest BCUT2D eigenvalue weighted by atomic mass is 10.4. The molecule has 0 bridgehead atoms. The Balaban J connectivity index is 2.25. The van der Waals surface area contributed by atoms with Gasteiger partial charge >= 0.3 is 0 Å². The number of rotatable bonds is 4. The van der Waals surface area contributed by atoms with E-state index in [1.54, 1.807) is 24.4 Å². The molecule has 5 nitrogen and oxygen atoms in total. The van der Waals surface area contributed by atoms with Crippen molar-refractivity contribution in [2.45, 2.75) is 10.8 Å². The van der Waals surface area contributed by atoms with Crippen molar-refractivity contribution in [1.82, 2.24) is 4.98 Å². The lowest BCUT2D eigenvalue weighted by Gasteiger charge is -2.04. The molecular formula is C10H10N2O3S2. The Kier molecular flexibility index (Phi) is 3.41. The summed E-state index contributed by atoms with van der Waals surface area (Å²) in [6, 6.07) is 6.31. The summed E-state index contributed by atoms with van der Waals surface area (Å²) < 4.78 is 26.4. The van der Waals surface area contributed by atoms with Gasteiger partial charge in [-0.25, -0.2) is 8.42 Å². The molecule has 0 aliphatic heterocycles. The molecule has 17 heavy (non-hydrogen) atoms. The highest BCUT2D eigenvalue weighted by molar-refractivity contribution is 7.94. The Bertz CT molecular complexity index is 593. The first-order chi connectivity index (χ1) is 8.12. The van der Waals surface area contributed by atoms with Gasteiger partial charge in [0.1, 0.15) is 4.21 Å². The van der Waals surface area contributed by atoms with Crippen LogP contribution in [0.4, 0.5) is 5.69 Å². The SMILES string of the molecule is O=S(=O)(Nc1cccnc1)c1ccc(CO)s1. The number of anilines is 1. The summed E-state index contributed by atoms with van der Waals surface area (Å²) in [7, 11) is -3.59. The smallest absolute Gasteiger partial charge is 0.271 e. The van der Waals surface area contributed by atoms with Crippen LogP contribution in [-0.2, 0) is 16.6 Å². The third-order valence-corrected chi connectivity index (χ3v) is 4.91. The fourth-order valence-electron chi connectivity index (χ4n) is 1.22. The van der Waals surface area contributed by atoms with Crippen LogP contribution in [0.1, 0.15) is 4.88 Å². The van der Waals surface area contributed by atoms with Crippen molar-refractivity contribution in [3.05, 3.63) is 41.5 Å². The van der Waals surface area contributed by atoms with E-state index in [9.17, 15) is 8.42 Å². The van der Waals surface area contributed by atoms with Gasteiger partial charge in [0.15, 0.2) is 0 Å². The molecule has 90 valence electrons. The minimum Gasteiger partial charge on any atom is -0.391 e. The fraction of sp³-hybridized carbons (Fsp3) is 0.100. The van der Waals surface area contributed by atoms with E-state index in [0.717, 1.165) is 11.3 Å². The topological polar surface area (TPSA) is 79.3 Å². The first-order valence-electron chi connectivity index (χ1n) is 4.74. The third-order valence-electron chi connectivity index (χ3n) is 1.97. The Morgan fingerprint density at radius 3 is 2.76 bits per heavy atom. The summed E-state index contributed by atoms with van der Waals surface area (Å²) in [6.45, 7) is -0.160. The van der Waals surface area contributed by atoms with Crippen LogP contribution >= 0.6 is 11.3 Å². The highest BCUT2D eigenvalue weighted by Crippen LogP contribution is 2.23. The van der Waals surface area contributed by atoms with Gasteiger partial charge in [-0.2, -0.15) is 0 Å². The molecule has 0 atom stereocenters. The van der Waals surface area contributed by atoms with Gasteiger partial charge in [-0.3, -0.25) is 9.71 Å². The average molecular weight is 270 g/mol. The average Bonchev–Trinajstić information content (AvgIpc) is 2.79. The van der Waals surface area contributed by atoms with E-state index >= 15 is 0 Å². The number of nitrogens with zero attached hydrogens (tertiary/aromatic N) is 1. The van der Waals surface area contributed by atoms with E-state index in [-0.39, 0.29) is 10.8 Å². The molecule has 0 unspecified atom stereocenters. The Labute approximate surface area is 103 Å². The molecule has 2 aromatic rings. The third kappa shape index (κ3) is 2.82. The molecule has 7 heteroatoms. The Hall–Kier alpha value is -1.44. The summed E-state index contributed by atoms with van der Waals surface area (Å²) in [6.07, 6.45) is 2.99. The Morgan fingerprint density at radius 1 is 1.35 bits per heavy atom. The summed E-state index contributed by atoms with van der Waals surface area (Å²) >= 11 is 1.04. The maximum atomic E-state index is 11.9. The Morgan fingerprint density at radius 2 is 2.18 bits per heavy atom. The number of aromatic nitrogens is 1. The monoisotopic (exact) mass is 270 g/mol. The summed E-state index contributed by atoms with van der Waals surface area (Å²) in [5, 5.41) is 8.89. The van der Waals surface area contributed by atoms with Crippen LogP contribution in [-0.4, -0.2) is 18.5 Å². The minimum absolute atomic E-state index is 0.160. The summed E-state index contributed by atoms with van der Waals surface area (Å²) in [5.41, 5.74) is 0.409. The minimum atomic E-state index is -3.59. The number of pyridine rings is 1. The van der Waals surface area contributed by atoms with Crippen molar-refractivity contribution in [3.63, 3.8) is 0 Å². The second-order valence-electron chi connectivity index (χ2n) is 3.23. The zero-order chi connectivity index (χ0) is 12.3. The van der Waals surface area contributed by atoms with Gasteiger partial charge in [0.25, 0.3) is 10.0 Å². The molecule has 0 aromatic carbocycles. The van der Waals surface area contributed by atoms with Crippen LogP contribution in [0.2, 0.25) is 0 Å². The fourth-order valence-corrected chi connectivity index (χ4v) is 3.48. The van der Waals surface area contributed by atoms with Crippen LogP contribution < -0.4 is 4.72 Å². The number of hydrogen-bond acceptors (Lipinski definition) is 5. The number of hydrogen-bond donors (Lipinski definition) is 2. The maximum absolute atomic E-state index is 11.9. The first-order valence-corrected chi connectivity index (χ1v) is 7.04. The van der Waals surface area contributed by atoms with Gasteiger partial charge in [0.05, 0.1) is 18.5 Å². The highest BCUT2D eigenvalue weighted by atomic mass is 32.2. The van der Waals surface area contributed by atoms with E-state index < -0.39 is 10.0 Å². The van der Waals surface area contributed by atoms with Crippen LogP contribution in [0.15, 0.2) is 40.9 Å². The second kappa shape index (κ2) is 4.82. The summed E-state index contributed by atoms with van der Waals surface area (Å²) in [4.78, 5) is 4.43. The molecule has 0 aliphatic carbocycles. The lowest BCUT2D eigenvalue weighted by Crippen LogP contribution is -2.11. The van der Waals surface area contributed by atoms with Crippen LogP contribution in [0, 0.1) is 0 Å². The van der Waals surface area contributed by atoms with E-state index in [0.29, 0.717) is 10.6 Å². The normalized spacial score (nSPS) is 11.4. The first kappa shape index (κ1) is 12.0. The van der Waals surface area contributed by atoms with Crippen molar-refractivity contribution in [2.24, 2.45) is 0 Å². The molecular weight excluding hydrogens is 260 g/mol. The van der Waals surface area contributed by atoms with Gasteiger partial charge in [-0.05, 0) is 24.3 Å². The van der Waals surface area contributed by atoms with Crippen molar-refractivity contribution in [1.29, 1.82) is 0 Å². The number of nitrogens with one attached hydrogen (secondary N) is 1. The molecule has 2 heterocycles. The maximum Gasteiger partial charge on any atom is 0.271 e. The number of thiophene rings is 1. The standard InChI is InChI=1S/C10H10N2O3S2/c13-7-9-3-4-10(16-9)17(14,15)12-8-2-1-5-11-6-8/h1-6,12-13H,7H2. The van der Waals surface area contributed by atoms with E-state index in [1.165, 1.54) is 12.3 Å². The summed E-state index contributed by atoms with van der Waals surface area (Å²) in [5.74, 6) is 0. The van der Waals surface area contributed by atoms with Crippen molar-refractivity contribution in [2.75, 3.05) is 4.72 Å². The molecule has 0 spiro atoms. The molecule has 2 rings (SSSR count). The van der Waals surface area contributed by atoms with Gasteiger partial charge < -0.3 is 5.11 Å². The number of sulfonamides is 1. The highest BCUT2D eigenvalue weighted by Gasteiger charge is 2.16. The zero-order valence-electron chi connectivity index (χ0n) is 8.70. The largest absolute Gasteiger partial charge is 0.391 e. The lowest BCUT2D eigenvalue weighted by molar-refractivity contribution is 0.285. The predicted molar refractivity (Wildman–Crippen MR) is 65.3 cm³/mol. The van der Waals surface area contributed by atoms with Gasteiger partial charge in [-0.1, -0.05) is 0 Å². The molecule has 2 N–H and O–H groups in total. The molecule has 2 aromatic heterocycles. The molecule has 0 fully saturated rings. The molecule has 0 saturated carbocycles. The molecule has 0 radical (unpaired) electrons. The van der Waals surface area contributed by atoms with Crippen molar-refractivity contribution >= 4 is 27.0 Å². The predicted octanol–water partition coefficient (Wildman–Crippen LogP) is 1.44. The number of aliphatic hydroxyl groups excluding tert-OH is 1. The van der Waals surface area contributed by atoms with Gasteiger partial charge in [0, 0.05) is 11.1 Å². The van der Waals surface area contributed by atoms with E-state index in [2.05, 4.69) is 9.71 Å². The van der Waals surface area contributed by atoms with Gasteiger partial charge in [-0.15, -0.1) is 11.3 Å². The van der Waals surface area contributed by atoms with E-state index in [4.69, 9.17) is 5.11 Å². The van der Waals surface area contributed by atoms with Crippen LogP contribution in [0.25, 0.3) is 0 Å².